The van der Waals surface area contributed by atoms with Crippen molar-refractivity contribution >= 4 is 23.7 Å². The molecule has 44 heavy (non-hydrogen) atoms. The molecule has 8 heteroatoms. The van der Waals surface area contributed by atoms with E-state index in [0.717, 1.165) is 41.5 Å². The minimum absolute atomic E-state index is 0.0884. The predicted molar refractivity (Wildman–Crippen MR) is 170 cm³/mol. The molecule has 8 nitrogen and oxygen atoms in total. The van der Waals surface area contributed by atoms with Crippen molar-refractivity contribution in [3.05, 3.63) is 96.1 Å². The van der Waals surface area contributed by atoms with E-state index in [1.807, 2.05) is 91.9 Å². The second-order valence-corrected chi connectivity index (χ2v) is 11.7. The molecule has 0 spiro atoms. The fraction of sp³-hybridized carbons (Fsp3) is 0.389. The van der Waals surface area contributed by atoms with Gasteiger partial charge in [-0.25, -0.2) is 4.79 Å². The average molecular weight is 598 g/mol. The van der Waals surface area contributed by atoms with Gasteiger partial charge in [0.15, 0.2) is 0 Å². The van der Waals surface area contributed by atoms with E-state index in [-0.39, 0.29) is 25.2 Å². The van der Waals surface area contributed by atoms with E-state index in [0.29, 0.717) is 0 Å². The number of unbranched alkanes of at least 4 members (excludes halogenated alkanes) is 1. The summed E-state index contributed by atoms with van der Waals surface area (Å²) in [7, 11) is 0. The summed E-state index contributed by atoms with van der Waals surface area (Å²) in [5.41, 5.74) is 3.82. The van der Waals surface area contributed by atoms with E-state index in [1.54, 1.807) is 6.92 Å². The lowest BCUT2D eigenvalue weighted by Crippen LogP contribution is -2.55. The van der Waals surface area contributed by atoms with Crippen LogP contribution in [0.3, 0.4) is 0 Å². The molecule has 0 bridgehead atoms. The summed E-state index contributed by atoms with van der Waals surface area (Å²) >= 11 is 0. The van der Waals surface area contributed by atoms with E-state index >= 15 is 0 Å². The van der Waals surface area contributed by atoms with Gasteiger partial charge in [0.2, 0.25) is 17.7 Å². The quantitative estimate of drug-likeness (QED) is 0.308. The van der Waals surface area contributed by atoms with Crippen LogP contribution in [0.1, 0.15) is 57.6 Å². The Morgan fingerprint density at radius 2 is 1.32 bits per heavy atom. The smallest absolute Gasteiger partial charge is 0.329 e. The zero-order valence-electron chi connectivity index (χ0n) is 25.8. The molecule has 5 atom stereocenters. The molecule has 1 fully saturated rings. The molecule has 0 aromatic heterocycles. The van der Waals surface area contributed by atoms with E-state index < -0.39 is 47.9 Å². The maximum Gasteiger partial charge on any atom is 0.329 e. The van der Waals surface area contributed by atoms with Crippen LogP contribution in [0.4, 0.5) is 0 Å². The lowest BCUT2D eigenvalue weighted by molar-refractivity contribution is -0.157. The number of hydrogen-bond donors (Lipinski definition) is 3. The van der Waals surface area contributed by atoms with E-state index in [2.05, 4.69) is 22.9 Å². The summed E-state index contributed by atoms with van der Waals surface area (Å²) < 4.78 is 5.98. The van der Waals surface area contributed by atoms with E-state index in [1.165, 1.54) is 0 Å². The van der Waals surface area contributed by atoms with E-state index in [9.17, 15) is 19.2 Å². The SMILES string of the molecule is CCCC[C@H](C)[C@H]1CC(=O)N[C@H](Cc2ccc(-c3ccccc3)cc2)C(=O)N[C@@H](C)C(=O)N[C@H](Cc2ccccc2)C(=O)O1. The van der Waals surface area contributed by atoms with Crippen LogP contribution in [-0.4, -0.2) is 47.9 Å². The van der Waals surface area contributed by atoms with E-state index in [4.69, 9.17) is 4.74 Å². The number of rotatable bonds is 9. The largest absolute Gasteiger partial charge is 0.460 e. The van der Waals surface area contributed by atoms with Crippen molar-refractivity contribution in [2.75, 3.05) is 0 Å². The number of amides is 3. The molecule has 1 aliphatic heterocycles. The van der Waals surface area contributed by atoms with Gasteiger partial charge in [-0.3, -0.25) is 14.4 Å². The van der Waals surface area contributed by atoms with Crippen LogP contribution in [0, 0.1) is 5.92 Å². The van der Waals surface area contributed by atoms with Crippen molar-refractivity contribution in [3.8, 4) is 11.1 Å². The molecule has 1 saturated heterocycles. The van der Waals surface area contributed by atoms with Crippen LogP contribution in [0.15, 0.2) is 84.9 Å². The fourth-order valence-electron chi connectivity index (χ4n) is 5.37. The van der Waals surface area contributed by atoms with Crippen LogP contribution in [0.2, 0.25) is 0 Å². The molecular formula is C36H43N3O5. The molecule has 0 unspecified atom stereocenters. The molecule has 4 rings (SSSR count). The number of benzene rings is 3. The number of hydrogen-bond acceptors (Lipinski definition) is 5. The molecule has 3 aromatic rings. The molecule has 1 heterocycles. The number of carbonyl (C=O) groups is 4. The summed E-state index contributed by atoms with van der Waals surface area (Å²) in [4.78, 5) is 53.7. The van der Waals surface area contributed by atoms with Gasteiger partial charge < -0.3 is 20.7 Å². The fourth-order valence-corrected chi connectivity index (χ4v) is 5.37. The second kappa shape index (κ2) is 15.8. The Labute approximate surface area is 260 Å². The lowest BCUT2D eigenvalue weighted by atomic mass is 9.95. The highest BCUT2D eigenvalue weighted by Crippen LogP contribution is 2.22. The van der Waals surface area contributed by atoms with Crippen molar-refractivity contribution in [1.29, 1.82) is 0 Å². The highest BCUT2D eigenvalue weighted by Gasteiger charge is 2.33. The first kappa shape index (κ1) is 32.5. The third kappa shape index (κ3) is 9.27. The Hall–Kier alpha value is -4.46. The average Bonchev–Trinajstić information content (AvgIpc) is 3.03. The number of cyclic esters (lactones) is 1. The Kier molecular flexibility index (Phi) is 11.7. The van der Waals surface area contributed by atoms with Crippen LogP contribution in [0.25, 0.3) is 11.1 Å². The zero-order valence-corrected chi connectivity index (χ0v) is 25.8. The standard InChI is InChI=1S/C36H43N3O5/c1-4-5-12-24(2)32-23-33(40)38-30(21-27-17-19-29(20-18-27)28-15-10-7-11-16-28)35(42)37-25(3)34(41)39-31(36(43)44-32)22-26-13-8-6-9-14-26/h6-11,13-20,24-25,30-32H,4-5,12,21-23H2,1-3H3,(H,37,42)(H,38,40)(H,39,41)/t24-,25-,30+,31+,32+/m0/s1. The Bertz CT molecular complexity index is 1390. The van der Waals surface area contributed by atoms with Gasteiger partial charge in [0.05, 0.1) is 6.42 Å². The van der Waals surface area contributed by atoms with Gasteiger partial charge in [-0.15, -0.1) is 0 Å². The topological polar surface area (TPSA) is 114 Å². The van der Waals surface area contributed by atoms with Crippen molar-refractivity contribution in [2.24, 2.45) is 5.92 Å². The summed E-state index contributed by atoms with van der Waals surface area (Å²) in [5.74, 6) is -2.08. The summed E-state index contributed by atoms with van der Waals surface area (Å²) in [5, 5.41) is 8.40. The van der Waals surface area contributed by atoms with Gasteiger partial charge in [0.1, 0.15) is 24.2 Å². The third-order valence-electron chi connectivity index (χ3n) is 8.09. The van der Waals surface area contributed by atoms with Crippen LogP contribution in [-0.2, 0) is 36.8 Å². The molecule has 0 saturated carbocycles. The molecule has 0 aliphatic carbocycles. The number of nitrogens with one attached hydrogen (secondary N) is 3. The number of carbonyl (C=O) groups excluding carboxylic acids is 4. The first-order chi connectivity index (χ1) is 21.2. The monoisotopic (exact) mass is 597 g/mol. The summed E-state index contributed by atoms with van der Waals surface area (Å²) in [6.07, 6.45) is 2.30. The van der Waals surface area contributed by atoms with Crippen molar-refractivity contribution in [2.45, 2.75) is 83.5 Å². The van der Waals surface area contributed by atoms with Crippen molar-refractivity contribution in [1.82, 2.24) is 16.0 Å². The molecule has 3 N–H and O–H groups in total. The minimum Gasteiger partial charge on any atom is -0.460 e. The van der Waals surface area contributed by atoms with Crippen LogP contribution in [0.5, 0.6) is 0 Å². The van der Waals surface area contributed by atoms with Crippen LogP contribution >= 0.6 is 0 Å². The predicted octanol–water partition coefficient (Wildman–Crippen LogP) is 4.75. The molecule has 3 amide bonds. The molecule has 1 aliphatic rings. The minimum atomic E-state index is -0.979. The number of ether oxygens (including phenoxy) is 1. The van der Waals surface area contributed by atoms with Crippen LogP contribution < -0.4 is 16.0 Å². The second-order valence-electron chi connectivity index (χ2n) is 11.7. The van der Waals surface area contributed by atoms with Gasteiger partial charge in [-0.2, -0.15) is 0 Å². The van der Waals surface area contributed by atoms with Gasteiger partial charge in [0, 0.05) is 12.8 Å². The van der Waals surface area contributed by atoms with Crippen molar-refractivity contribution < 1.29 is 23.9 Å². The first-order valence-electron chi connectivity index (χ1n) is 15.5. The highest BCUT2D eigenvalue weighted by atomic mass is 16.5. The molecule has 3 aromatic carbocycles. The van der Waals surface area contributed by atoms with Gasteiger partial charge in [-0.05, 0) is 41.5 Å². The third-order valence-corrected chi connectivity index (χ3v) is 8.09. The molecular weight excluding hydrogens is 554 g/mol. The Morgan fingerprint density at radius 3 is 1.98 bits per heavy atom. The van der Waals surface area contributed by atoms with Gasteiger partial charge in [0.25, 0.3) is 0 Å². The normalized spacial score (nSPS) is 22.2. The maximum absolute atomic E-state index is 13.5. The number of esters is 1. The summed E-state index contributed by atoms with van der Waals surface area (Å²) in [6, 6.07) is 24.3. The summed E-state index contributed by atoms with van der Waals surface area (Å²) in [6.45, 7) is 5.60. The van der Waals surface area contributed by atoms with Gasteiger partial charge in [-0.1, -0.05) is 112 Å². The van der Waals surface area contributed by atoms with Crippen molar-refractivity contribution in [3.63, 3.8) is 0 Å². The maximum atomic E-state index is 13.5. The molecule has 0 radical (unpaired) electrons. The Balaban J connectivity index is 1.58. The Morgan fingerprint density at radius 1 is 0.727 bits per heavy atom. The first-order valence-corrected chi connectivity index (χ1v) is 15.5. The molecule has 232 valence electrons. The lowest BCUT2D eigenvalue weighted by Gasteiger charge is -2.27. The highest BCUT2D eigenvalue weighted by molar-refractivity contribution is 5.94. The van der Waals surface area contributed by atoms with Gasteiger partial charge >= 0.3 is 5.97 Å². The zero-order chi connectivity index (χ0) is 31.5.